The highest BCUT2D eigenvalue weighted by Gasteiger charge is 2.29. The number of amides is 2. The molecule has 1 rings (SSSR count). The zero-order valence-corrected chi connectivity index (χ0v) is 13.9. The Morgan fingerprint density at radius 3 is 2.29 bits per heavy atom. The number of nitrogens with zero attached hydrogens (tertiary/aromatic N) is 1. The van der Waals surface area contributed by atoms with Gasteiger partial charge in [0.1, 0.15) is 11.6 Å². The largest absolute Gasteiger partial charge is 0.444 e. The van der Waals surface area contributed by atoms with E-state index in [2.05, 4.69) is 10.6 Å². The van der Waals surface area contributed by atoms with Crippen LogP contribution in [0.2, 0.25) is 0 Å². The smallest absolute Gasteiger partial charge is 0.408 e. The molecule has 1 atom stereocenters. The number of rotatable bonds is 4. The minimum atomic E-state index is -0.565. The lowest BCUT2D eigenvalue weighted by atomic mass is 10.0. The molecule has 0 radical (unpaired) electrons. The van der Waals surface area contributed by atoms with E-state index in [1.165, 1.54) is 0 Å². The topological polar surface area (TPSA) is 70.7 Å². The van der Waals surface area contributed by atoms with Crippen molar-refractivity contribution in [3.63, 3.8) is 0 Å². The van der Waals surface area contributed by atoms with Gasteiger partial charge in [0.15, 0.2) is 0 Å². The number of carbonyl (C=O) groups excluding carboxylic acids is 2. The van der Waals surface area contributed by atoms with Gasteiger partial charge in [0.25, 0.3) is 0 Å². The highest BCUT2D eigenvalue weighted by molar-refractivity contribution is 5.85. The van der Waals surface area contributed by atoms with Gasteiger partial charge < -0.3 is 20.3 Å². The number of nitrogens with one attached hydrogen (secondary N) is 2. The predicted molar refractivity (Wildman–Crippen MR) is 82.1 cm³/mol. The third-order valence-corrected chi connectivity index (χ3v) is 3.12. The maximum absolute atomic E-state index is 12.6. The monoisotopic (exact) mass is 299 g/mol. The van der Waals surface area contributed by atoms with Crippen LogP contribution in [0.1, 0.15) is 41.0 Å². The fourth-order valence-electron chi connectivity index (χ4n) is 2.25. The van der Waals surface area contributed by atoms with Crippen molar-refractivity contribution < 1.29 is 14.3 Å². The zero-order valence-electron chi connectivity index (χ0n) is 13.9. The van der Waals surface area contributed by atoms with E-state index in [1.54, 1.807) is 4.90 Å². The van der Waals surface area contributed by atoms with E-state index in [0.29, 0.717) is 25.4 Å². The van der Waals surface area contributed by atoms with Crippen LogP contribution in [-0.4, -0.2) is 54.7 Å². The maximum atomic E-state index is 12.6. The van der Waals surface area contributed by atoms with Crippen molar-refractivity contribution in [2.24, 2.45) is 5.92 Å². The Bertz CT molecular complexity index is 358. The number of hydrogen-bond acceptors (Lipinski definition) is 4. The van der Waals surface area contributed by atoms with Gasteiger partial charge in [-0.3, -0.25) is 4.79 Å². The van der Waals surface area contributed by atoms with Crippen LogP contribution in [0.5, 0.6) is 0 Å². The first-order valence-electron chi connectivity index (χ1n) is 7.68. The standard InChI is InChI=1S/C15H29N3O3/c1-11(2)10-12(17-14(20)21-15(3,4)5)13(19)18-8-6-16-7-9-18/h11-12,16H,6-10H2,1-5H3,(H,17,20). The van der Waals surface area contributed by atoms with Crippen LogP contribution in [0.4, 0.5) is 4.79 Å². The SMILES string of the molecule is CC(C)CC(NC(=O)OC(C)(C)C)C(=O)N1CCNCC1. The van der Waals surface area contributed by atoms with Gasteiger partial charge in [0, 0.05) is 26.2 Å². The Morgan fingerprint density at radius 1 is 1.24 bits per heavy atom. The van der Waals surface area contributed by atoms with Crippen LogP contribution in [0, 0.1) is 5.92 Å². The molecule has 6 heteroatoms. The fourth-order valence-corrected chi connectivity index (χ4v) is 2.25. The van der Waals surface area contributed by atoms with Crippen molar-refractivity contribution in [3.05, 3.63) is 0 Å². The van der Waals surface area contributed by atoms with Gasteiger partial charge in [0.05, 0.1) is 0 Å². The Kier molecular flexibility index (Phi) is 6.45. The molecular weight excluding hydrogens is 270 g/mol. The quantitative estimate of drug-likeness (QED) is 0.822. The van der Waals surface area contributed by atoms with E-state index in [9.17, 15) is 9.59 Å². The highest BCUT2D eigenvalue weighted by Crippen LogP contribution is 2.11. The molecule has 1 aliphatic heterocycles. The summed E-state index contributed by atoms with van der Waals surface area (Å²) >= 11 is 0. The van der Waals surface area contributed by atoms with Crippen LogP contribution in [0.15, 0.2) is 0 Å². The molecule has 122 valence electrons. The van der Waals surface area contributed by atoms with E-state index in [4.69, 9.17) is 4.74 Å². The van der Waals surface area contributed by atoms with Crippen molar-refractivity contribution in [1.29, 1.82) is 0 Å². The lowest BCUT2D eigenvalue weighted by Gasteiger charge is -2.32. The summed E-state index contributed by atoms with van der Waals surface area (Å²) < 4.78 is 5.25. The summed E-state index contributed by atoms with van der Waals surface area (Å²) in [5.41, 5.74) is -0.565. The highest BCUT2D eigenvalue weighted by atomic mass is 16.6. The second-order valence-electron chi connectivity index (χ2n) is 6.90. The van der Waals surface area contributed by atoms with Gasteiger partial charge in [0.2, 0.25) is 5.91 Å². The molecule has 0 aromatic rings. The number of piperazine rings is 1. The molecule has 1 fully saturated rings. The molecule has 0 spiro atoms. The molecular formula is C15H29N3O3. The molecule has 0 aromatic heterocycles. The van der Waals surface area contributed by atoms with Gasteiger partial charge in [-0.05, 0) is 33.1 Å². The summed E-state index contributed by atoms with van der Waals surface area (Å²) in [6.07, 6.45) is 0.0822. The fraction of sp³-hybridized carbons (Fsp3) is 0.867. The second kappa shape index (κ2) is 7.64. The first-order valence-corrected chi connectivity index (χ1v) is 7.68. The number of ether oxygens (including phenoxy) is 1. The molecule has 0 aliphatic carbocycles. The average molecular weight is 299 g/mol. The van der Waals surface area contributed by atoms with Crippen molar-refractivity contribution >= 4 is 12.0 Å². The van der Waals surface area contributed by atoms with E-state index >= 15 is 0 Å². The second-order valence-corrected chi connectivity index (χ2v) is 6.90. The first-order chi connectivity index (χ1) is 9.69. The first kappa shape index (κ1) is 17.8. The van der Waals surface area contributed by atoms with Crippen LogP contribution >= 0.6 is 0 Å². The molecule has 1 aliphatic rings. The van der Waals surface area contributed by atoms with E-state index in [1.807, 2.05) is 34.6 Å². The third-order valence-electron chi connectivity index (χ3n) is 3.12. The summed E-state index contributed by atoms with van der Waals surface area (Å²) in [5.74, 6) is 0.299. The van der Waals surface area contributed by atoms with Gasteiger partial charge in [-0.25, -0.2) is 4.79 Å². The summed E-state index contributed by atoms with van der Waals surface area (Å²) in [5, 5.41) is 5.94. The minimum Gasteiger partial charge on any atom is -0.444 e. The Labute approximate surface area is 127 Å². The van der Waals surface area contributed by atoms with Gasteiger partial charge in [-0.2, -0.15) is 0 Å². The summed E-state index contributed by atoms with van der Waals surface area (Å²) in [6, 6.07) is -0.516. The molecule has 2 amide bonds. The third kappa shape index (κ3) is 6.80. The lowest BCUT2D eigenvalue weighted by Crippen LogP contribution is -2.54. The van der Waals surface area contributed by atoms with Crippen molar-refractivity contribution in [2.75, 3.05) is 26.2 Å². The number of carbonyl (C=O) groups is 2. The molecule has 0 aromatic carbocycles. The molecule has 1 saturated heterocycles. The lowest BCUT2D eigenvalue weighted by molar-refractivity contribution is -0.134. The summed E-state index contributed by atoms with van der Waals surface area (Å²) in [6.45, 7) is 12.5. The van der Waals surface area contributed by atoms with Crippen LogP contribution < -0.4 is 10.6 Å². The van der Waals surface area contributed by atoms with Gasteiger partial charge >= 0.3 is 6.09 Å². The molecule has 1 heterocycles. The van der Waals surface area contributed by atoms with Crippen LogP contribution in [-0.2, 0) is 9.53 Å². The molecule has 0 saturated carbocycles. The molecule has 21 heavy (non-hydrogen) atoms. The van der Waals surface area contributed by atoms with E-state index < -0.39 is 17.7 Å². The maximum Gasteiger partial charge on any atom is 0.408 e. The Morgan fingerprint density at radius 2 is 1.81 bits per heavy atom. The molecule has 0 bridgehead atoms. The zero-order chi connectivity index (χ0) is 16.0. The van der Waals surface area contributed by atoms with E-state index in [0.717, 1.165) is 13.1 Å². The molecule has 6 nitrogen and oxygen atoms in total. The Balaban J connectivity index is 2.65. The Hall–Kier alpha value is -1.30. The van der Waals surface area contributed by atoms with Gasteiger partial charge in [-0.1, -0.05) is 13.8 Å². The van der Waals surface area contributed by atoms with Crippen LogP contribution in [0.3, 0.4) is 0 Å². The van der Waals surface area contributed by atoms with E-state index in [-0.39, 0.29) is 5.91 Å². The van der Waals surface area contributed by atoms with Crippen molar-refractivity contribution in [3.8, 4) is 0 Å². The molecule has 1 unspecified atom stereocenters. The summed E-state index contributed by atoms with van der Waals surface area (Å²) in [4.78, 5) is 26.3. The number of alkyl carbamates (subject to hydrolysis) is 1. The minimum absolute atomic E-state index is 0.0175. The van der Waals surface area contributed by atoms with Crippen LogP contribution in [0.25, 0.3) is 0 Å². The van der Waals surface area contributed by atoms with Gasteiger partial charge in [-0.15, -0.1) is 0 Å². The average Bonchev–Trinajstić information content (AvgIpc) is 2.35. The van der Waals surface area contributed by atoms with Crippen molar-refractivity contribution in [2.45, 2.75) is 52.7 Å². The molecule has 2 N–H and O–H groups in total. The summed E-state index contributed by atoms with van der Waals surface area (Å²) in [7, 11) is 0. The normalized spacial score (nSPS) is 17.5. The van der Waals surface area contributed by atoms with Crippen molar-refractivity contribution in [1.82, 2.24) is 15.5 Å². The number of hydrogen-bond donors (Lipinski definition) is 2. The predicted octanol–water partition coefficient (Wildman–Crippen LogP) is 1.36.